The Morgan fingerprint density at radius 1 is 1.38 bits per heavy atom. The van der Waals surface area contributed by atoms with Crippen LogP contribution in [0.25, 0.3) is 0 Å². The molecule has 0 saturated carbocycles. The highest BCUT2D eigenvalue weighted by Crippen LogP contribution is 2.21. The Kier molecular flexibility index (Phi) is 5.71. The fourth-order valence-corrected chi connectivity index (χ4v) is 2.41. The van der Waals surface area contributed by atoms with Crippen molar-refractivity contribution in [2.45, 2.75) is 32.0 Å². The molecule has 16 heavy (non-hydrogen) atoms. The number of sulfonamides is 1. The van der Waals surface area contributed by atoms with Crippen LogP contribution in [0.15, 0.2) is 0 Å². The molecular weight excluding hydrogens is 245 g/mol. The molecule has 0 aliphatic rings. The van der Waals surface area contributed by atoms with Crippen molar-refractivity contribution in [3.8, 4) is 0 Å². The molecule has 4 nitrogen and oxygen atoms in total. The van der Waals surface area contributed by atoms with Gasteiger partial charge in [-0.2, -0.15) is 13.2 Å². The summed E-state index contributed by atoms with van der Waals surface area (Å²) in [6, 6.07) is -0.345. The van der Waals surface area contributed by atoms with Crippen molar-refractivity contribution in [2.24, 2.45) is 5.73 Å². The summed E-state index contributed by atoms with van der Waals surface area (Å²) in [4.78, 5) is 0. The van der Waals surface area contributed by atoms with Gasteiger partial charge in [0.25, 0.3) is 0 Å². The molecule has 0 aliphatic carbocycles. The molecule has 0 aromatic carbocycles. The smallest absolute Gasteiger partial charge is 0.327 e. The molecule has 98 valence electrons. The minimum atomic E-state index is -4.31. The van der Waals surface area contributed by atoms with E-state index in [-0.39, 0.29) is 12.6 Å². The summed E-state index contributed by atoms with van der Waals surface area (Å²) in [5, 5.41) is 0. The Morgan fingerprint density at radius 2 is 1.88 bits per heavy atom. The van der Waals surface area contributed by atoms with Gasteiger partial charge in [-0.15, -0.1) is 0 Å². The van der Waals surface area contributed by atoms with E-state index in [2.05, 4.69) is 0 Å². The van der Waals surface area contributed by atoms with Crippen molar-refractivity contribution in [2.75, 3.05) is 19.3 Å². The first-order valence-electron chi connectivity index (χ1n) is 4.81. The molecule has 0 radical (unpaired) electrons. The van der Waals surface area contributed by atoms with Gasteiger partial charge in [-0.3, -0.25) is 0 Å². The average molecular weight is 262 g/mol. The summed E-state index contributed by atoms with van der Waals surface area (Å²) in [5.41, 5.74) is 5.40. The fourth-order valence-electron chi connectivity index (χ4n) is 1.13. The monoisotopic (exact) mass is 262 g/mol. The van der Waals surface area contributed by atoms with E-state index in [0.29, 0.717) is 0 Å². The van der Waals surface area contributed by atoms with E-state index in [0.717, 1.165) is 4.31 Å². The first-order valence-corrected chi connectivity index (χ1v) is 6.42. The number of halogens is 3. The molecule has 1 atom stereocenters. The van der Waals surface area contributed by atoms with E-state index in [1.807, 2.05) is 0 Å². The molecule has 0 aliphatic heterocycles. The van der Waals surface area contributed by atoms with Crippen LogP contribution >= 0.6 is 0 Å². The van der Waals surface area contributed by atoms with Crippen molar-refractivity contribution in [3.05, 3.63) is 0 Å². The quantitative estimate of drug-likeness (QED) is 0.774. The number of rotatable bonds is 6. The summed E-state index contributed by atoms with van der Waals surface area (Å²) < 4.78 is 59.3. The third kappa shape index (κ3) is 7.02. The number of nitrogens with zero attached hydrogens (tertiary/aromatic N) is 1. The van der Waals surface area contributed by atoms with Gasteiger partial charge in [0.2, 0.25) is 10.0 Å². The van der Waals surface area contributed by atoms with E-state index < -0.39 is 34.8 Å². The van der Waals surface area contributed by atoms with Crippen LogP contribution in [-0.4, -0.2) is 44.3 Å². The van der Waals surface area contributed by atoms with Crippen LogP contribution in [0.1, 0.15) is 19.8 Å². The summed E-state index contributed by atoms with van der Waals surface area (Å²) in [6.07, 6.45) is -5.82. The third-order valence-electron chi connectivity index (χ3n) is 1.88. The average Bonchev–Trinajstić information content (AvgIpc) is 1.99. The molecule has 0 aromatic rings. The summed E-state index contributed by atoms with van der Waals surface area (Å²) in [5.74, 6) is -0.504. The zero-order valence-electron chi connectivity index (χ0n) is 9.29. The van der Waals surface area contributed by atoms with E-state index >= 15 is 0 Å². The van der Waals surface area contributed by atoms with Crippen LogP contribution in [0, 0.1) is 0 Å². The number of alkyl halides is 3. The predicted octanol–water partition coefficient (Wildman–Crippen LogP) is 0.938. The van der Waals surface area contributed by atoms with Crippen LogP contribution in [0.5, 0.6) is 0 Å². The standard InChI is InChI=1S/C8H17F3N2O2S/c1-7(12)6-13(2)16(14,15)5-3-4-8(9,10)11/h7H,3-6,12H2,1-2H3. The largest absolute Gasteiger partial charge is 0.389 e. The molecule has 0 saturated heterocycles. The van der Waals surface area contributed by atoms with Gasteiger partial charge in [-0.25, -0.2) is 12.7 Å². The van der Waals surface area contributed by atoms with Crippen LogP contribution in [0.4, 0.5) is 13.2 Å². The molecule has 1 unspecified atom stereocenters. The Balaban J connectivity index is 4.15. The molecule has 2 N–H and O–H groups in total. The first-order chi connectivity index (χ1) is 7.04. The van der Waals surface area contributed by atoms with Crippen LogP contribution < -0.4 is 5.73 Å². The minimum absolute atomic E-state index is 0.106. The molecule has 8 heteroatoms. The molecule has 0 amide bonds. The van der Waals surface area contributed by atoms with E-state index in [1.165, 1.54) is 7.05 Å². The summed E-state index contributed by atoms with van der Waals surface area (Å²) in [7, 11) is -2.31. The second kappa shape index (κ2) is 5.83. The Bertz CT molecular complexity index is 301. The zero-order chi connectivity index (χ0) is 13.0. The van der Waals surface area contributed by atoms with Gasteiger partial charge in [0.15, 0.2) is 0 Å². The van der Waals surface area contributed by atoms with Gasteiger partial charge in [0.05, 0.1) is 5.75 Å². The maximum Gasteiger partial charge on any atom is 0.389 e. The molecule has 0 rings (SSSR count). The molecular formula is C8H17F3N2O2S. The number of likely N-dealkylation sites (N-methyl/N-ethyl adjacent to an activating group) is 1. The van der Waals surface area contributed by atoms with Crippen molar-refractivity contribution in [3.63, 3.8) is 0 Å². The summed E-state index contributed by atoms with van der Waals surface area (Å²) in [6.45, 7) is 1.73. The molecule has 0 heterocycles. The Hall–Kier alpha value is -0.340. The number of hydrogen-bond donors (Lipinski definition) is 1. The second-order valence-electron chi connectivity index (χ2n) is 3.79. The van der Waals surface area contributed by atoms with Crippen molar-refractivity contribution < 1.29 is 21.6 Å². The van der Waals surface area contributed by atoms with Gasteiger partial charge in [-0.1, -0.05) is 0 Å². The summed E-state index contributed by atoms with van der Waals surface area (Å²) >= 11 is 0. The molecule has 0 bridgehead atoms. The van der Waals surface area contributed by atoms with Crippen LogP contribution in [-0.2, 0) is 10.0 Å². The van der Waals surface area contributed by atoms with Crippen LogP contribution in [0.3, 0.4) is 0 Å². The number of hydrogen-bond acceptors (Lipinski definition) is 3. The lowest BCUT2D eigenvalue weighted by atomic mass is 10.3. The Morgan fingerprint density at radius 3 is 2.25 bits per heavy atom. The lowest BCUT2D eigenvalue weighted by molar-refractivity contribution is -0.134. The van der Waals surface area contributed by atoms with E-state index in [1.54, 1.807) is 6.92 Å². The van der Waals surface area contributed by atoms with Gasteiger partial charge >= 0.3 is 6.18 Å². The highest BCUT2D eigenvalue weighted by molar-refractivity contribution is 7.89. The SMILES string of the molecule is CC(N)CN(C)S(=O)(=O)CCCC(F)(F)F. The molecule has 0 spiro atoms. The number of nitrogens with two attached hydrogens (primary N) is 1. The zero-order valence-corrected chi connectivity index (χ0v) is 10.1. The van der Waals surface area contributed by atoms with Gasteiger partial charge in [0.1, 0.15) is 0 Å². The van der Waals surface area contributed by atoms with Gasteiger partial charge in [-0.05, 0) is 13.3 Å². The topological polar surface area (TPSA) is 63.4 Å². The molecule has 0 fully saturated rings. The second-order valence-corrected chi connectivity index (χ2v) is 5.99. The predicted molar refractivity (Wildman–Crippen MR) is 55.4 cm³/mol. The highest BCUT2D eigenvalue weighted by atomic mass is 32.2. The van der Waals surface area contributed by atoms with E-state index in [4.69, 9.17) is 5.73 Å². The lowest BCUT2D eigenvalue weighted by Gasteiger charge is -2.19. The highest BCUT2D eigenvalue weighted by Gasteiger charge is 2.28. The van der Waals surface area contributed by atoms with Crippen molar-refractivity contribution >= 4 is 10.0 Å². The molecule has 0 aromatic heterocycles. The van der Waals surface area contributed by atoms with Gasteiger partial charge in [0, 0.05) is 26.1 Å². The maximum atomic E-state index is 11.8. The maximum absolute atomic E-state index is 11.8. The first kappa shape index (κ1) is 15.7. The fraction of sp³-hybridized carbons (Fsp3) is 1.00. The van der Waals surface area contributed by atoms with E-state index in [9.17, 15) is 21.6 Å². The van der Waals surface area contributed by atoms with Crippen LogP contribution in [0.2, 0.25) is 0 Å². The Labute approximate surface area is 93.7 Å². The normalized spacial score (nSPS) is 15.4. The van der Waals surface area contributed by atoms with Crippen molar-refractivity contribution in [1.29, 1.82) is 0 Å². The lowest BCUT2D eigenvalue weighted by Crippen LogP contribution is -2.38. The van der Waals surface area contributed by atoms with Gasteiger partial charge < -0.3 is 5.73 Å². The van der Waals surface area contributed by atoms with Crippen molar-refractivity contribution in [1.82, 2.24) is 4.31 Å². The minimum Gasteiger partial charge on any atom is -0.327 e. The third-order valence-corrected chi connectivity index (χ3v) is 3.79.